The zero-order valence-corrected chi connectivity index (χ0v) is 14.1. The van der Waals surface area contributed by atoms with E-state index in [0.29, 0.717) is 5.82 Å². The molecule has 25 heavy (non-hydrogen) atoms. The van der Waals surface area contributed by atoms with Crippen molar-refractivity contribution in [3.8, 4) is 5.69 Å². The lowest BCUT2D eigenvalue weighted by atomic mass is 10.1. The average Bonchev–Trinajstić information content (AvgIpc) is 3.27. The molecule has 2 heterocycles. The largest absolute Gasteiger partial charge is 0.331 e. The van der Waals surface area contributed by atoms with E-state index < -0.39 is 0 Å². The van der Waals surface area contributed by atoms with Gasteiger partial charge in [0.15, 0.2) is 5.82 Å². The second kappa shape index (κ2) is 7.56. The quantitative estimate of drug-likeness (QED) is 0.716. The topological polar surface area (TPSA) is 103 Å². The van der Waals surface area contributed by atoms with Gasteiger partial charge in [-0.15, -0.1) is 5.10 Å². The molecule has 0 fully saturated rings. The third-order valence-corrected chi connectivity index (χ3v) is 3.66. The Balaban J connectivity index is 1.57. The zero-order valence-electron chi connectivity index (χ0n) is 14.1. The normalized spacial score (nSPS) is 11.9. The van der Waals surface area contributed by atoms with E-state index in [2.05, 4.69) is 38.0 Å². The average molecular weight is 340 g/mol. The van der Waals surface area contributed by atoms with Crippen molar-refractivity contribution in [2.45, 2.75) is 32.9 Å². The molecule has 1 atom stereocenters. The number of nitrogens with zero attached hydrogens (tertiary/aromatic N) is 6. The fourth-order valence-electron chi connectivity index (χ4n) is 2.38. The lowest BCUT2D eigenvalue weighted by molar-refractivity contribution is 0.249. The van der Waals surface area contributed by atoms with Crippen LogP contribution < -0.4 is 10.6 Å². The Morgan fingerprint density at radius 2 is 2.08 bits per heavy atom. The molecule has 0 aliphatic heterocycles. The molecule has 0 bridgehead atoms. The zero-order chi connectivity index (χ0) is 17.6. The van der Waals surface area contributed by atoms with Gasteiger partial charge in [-0.05, 0) is 31.0 Å². The third kappa shape index (κ3) is 4.19. The van der Waals surface area contributed by atoms with Crippen LogP contribution in [0.4, 0.5) is 10.6 Å². The maximum absolute atomic E-state index is 12.1. The highest BCUT2D eigenvalue weighted by Crippen LogP contribution is 2.15. The number of urea groups is 1. The molecule has 2 N–H and O–H groups in total. The van der Waals surface area contributed by atoms with Crippen molar-refractivity contribution in [3.05, 3.63) is 48.7 Å². The number of aromatic nitrogens is 6. The fourth-order valence-corrected chi connectivity index (χ4v) is 2.38. The summed E-state index contributed by atoms with van der Waals surface area (Å²) in [4.78, 5) is 16.0. The Hall–Kier alpha value is -3.23. The number of nitrogens with one attached hydrogen (secondary N) is 2. The van der Waals surface area contributed by atoms with Gasteiger partial charge in [0.1, 0.15) is 12.7 Å². The number of rotatable bonds is 6. The molecule has 0 spiro atoms. The minimum Gasteiger partial charge on any atom is -0.331 e. The summed E-state index contributed by atoms with van der Waals surface area (Å²) in [7, 11) is 0. The van der Waals surface area contributed by atoms with E-state index in [-0.39, 0.29) is 12.1 Å². The van der Waals surface area contributed by atoms with Crippen LogP contribution in [0.5, 0.6) is 0 Å². The first kappa shape index (κ1) is 16.6. The lowest BCUT2D eigenvalue weighted by Crippen LogP contribution is -2.31. The van der Waals surface area contributed by atoms with E-state index in [1.165, 1.54) is 6.33 Å². The van der Waals surface area contributed by atoms with Crippen LogP contribution in [0.3, 0.4) is 0 Å². The van der Waals surface area contributed by atoms with Crippen LogP contribution >= 0.6 is 0 Å². The first-order chi connectivity index (χ1) is 12.2. The summed E-state index contributed by atoms with van der Waals surface area (Å²) >= 11 is 0. The third-order valence-electron chi connectivity index (χ3n) is 3.66. The van der Waals surface area contributed by atoms with Crippen LogP contribution in [0.25, 0.3) is 5.69 Å². The van der Waals surface area contributed by atoms with Crippen LogP contribution in [0.15, 0.2) is 43.1 Å². The highest BCUT2D eigenvalue weighted by Gasteiger charge is 2.11. The number of benzene rings is 1. The highest BCUT2D eigenvalue weighted by atomic mass is 16.2. The maximum Gasteiger partial charge on any atom is 0.320 e. The molecule has 0 saturated heterocycles. The summed E-state index contributed by atoms with van der Waals surface area (Å²) < 4.78 is 3.37. The van der Waals surface area contributed by atoms with Gasteiger partial charge < -0.3 is 5.32 Å². The van der Waals surface area contributed by atoms with E-state index in [1.54, 1.807) is 21.9 Å². The number of aryl methyl sites for hydroxylation is 1. The summed E-state index contributed by atoms with van der Waals surface area (Å²) in [6.07, 6.45) is 5.78. The summed E-state index contributed by atoms with van der Waals surface area (Å²) in [6, 6.07) is 7.26. The molecular weight excluding hydrogens is 320 g/mol. The van der Waals surface area contributed by atoms with Crippen LogP contribution in [-0.4, -0.2) is 35.8 Å². The number of carbonyl (C=O) groups is 1. The number of amides is 2. The first-order valence-electron chi connectivity index (χ1n) is 8.08. The molecule has 0 aliphatic carbocycles. The summed E-state index contributed by atoms with van der Waals surface area (Å²) in [5, 5.41) is 17.5. The Kier molecular flexibility index (Phi) is 5.03. The Labute approximate surface area is 145 Å². The van der Waals surface area contributed by atoms with Gasteiger partial charge in [-0.25, -0.2) is 14.5 Å². The molecule has 0 aliphatic rings. The molecule has 0 saturated carbocycles. The van der Waals surface area contributed by atoms with Crippen molar-refractivity contribution in [2.75, 3.05) is 5.32 Å². The van der Waals surface area contributed by atoms with Gasteiger partial charge in [0.25, 0.3) is 0 Å². The number of hydrogen-bond acceptors (Lipinski definition) is 5. The number of hydrogen-bond donors (Lipinski definition) is 2. The smallest absolute Gasteiger partial charge is 0.320 e. The van der Waals surface area contributed by atoms with Crippen LogP contribution in [0.1, 0.15) is 31.9 Å². The number of carbonyl (C=O) groups excluding carboxylic acids is 1. The predicted octanol–water partition coefficient (Wildman–Crippen LogP) is 2.15. The summed E-state index contributed by atoms with van der Waals surface area (Å²) in [5.74, 6) is 0.430. The van der Waals surface area contributed by atoms with Crippen LogP contribution in [0, 0.1) is 0 Å². The van der Waals surface area contributed by atoms with Gasteiger partial charge in [0, 0.05) is 6.54 Å². The molecule has 0 unspecified atom stereocenters. The van der Waals surface area contributed by atoms with Crippen molar-refractivity contribution in [1.29, 1.82) is 0 Å². The van der Waals surface area contributed by atoms with Crippen molar-refractivity contribution < 1.29 is 4.79 Å². The minimum absolute atomic E-state index is 0.157. The van der Waals surface area contributed by atoms with E-state index in [9.17, 15) is 4.79 Å². The molecule has 1 aromatic carbocycles. The second-order valence-corrected chi connectivity index (χ2v) is 5.62. The van der Waals surface area contributed by atoms with E-state index >= 15 is 0 Å². The Morgan fingerprint density at radius 1 is 1.28 bits per heavy atom. The molecule has 9 heteroatoms. The van der Waals surface area contributed by atoms with Crippen molar-refractivity contribution in [1.82, 2.24) is 35.1 Å². The maximum atomic E-state index is 12.1. The molecule has 9 nitrogen and oxygen atoms in total. The van der Waals surface area contributed by atoms with E-state index in [0.717, 1.165) is 24.2 Å². The van der Waals surface area contributed by atoms with Crippen molar-refractivity contribution >= 4 is 11.8 Å². The number of anilines is 1. The van der Waals surface area contributed by atoms with Gasteiger partial charge >= 0.3 is 6.03 Å². The van der Waals surface area contributed by atoms with Gasteiger partial charge in [0.2, 0.25) is 0 Å². The summed E-state index contributed by atoms with van der Waals surface area (Å²) in [5.41, 5.74) is 1.89. The monoisotopic (exact) mass is 340 g/mol. The molecule has 130 valence electrons. The molecular formula is C16H20N8O. The van der Waals surface area contributed by atoms with Gasteiger partial charge in [-0.3, -0.25) is 10.00 Å². The molecule has 2 aromatic heterocycles. The van der Waals surface area contributed by atoms with Gasteiger partial charge in [0.05, 0.1) is 17.9 Å². The van der Waals surface area contributed by atoms with E-state index in [4.69, 9.17) is 0 Å². The lowest BCUT2D eigenvalue weighted by Gasteiger charge is -2.14. The molecule has 3 rings (SSSR count). The second-order valence-electron chi connectivity index (χ2n) is 5.62. The van der Waals surface area contributed by atoms with Crippen LogP contribution in [0.2, 0.25) is 0 Å². The Morgan fingerprint density at radius 3 is 2.76 bits per heavy atom. The fraction of sp³-hybridized carbons (Fsp3) is 0.312. The van der Waals surface area contributed by atoms with Crippen molar-refractivity contribution in [2.24, 2.45) is 0 Å². The van der Waals surface area contributed by atoms with E-state index in [1.807, 2.05) is 31.2 Å². The molecule has 2 amide bonds. The first-order valence-corrected chi connectivity index (χ1v) is 8.08. The SMILES string of the molecule is CCCn1cc(NC(=O)N[C@@H](C)c2ccc(-n3cncn3)cc2)nn1. The molecule has 0 radical (unpaired) electrons. The van der Waals surface area contributed by atoms with Crippen molar-refractivity contribution in [3.63, 3.8) is 0 Å². The highest BCUT2D eigenvalue weighted by molar-refractivity contribution is 5.88. The Bertz CT molecular complexity index is 809. The molecule has 3 aromatic rings. The van der Waals surface area contributed by atoms with Gasteiger partial charge in [-0.1, -0.05) is 24.3 Å². The van der Waals surface area contributed by atoms with Gasteiger partial charge in [-0.2, -0.15) is 5.10 Å². The standard InChI is InChI=1S/C16H20N8O/c1-3-8-23-9-15(21-22-23)20-16(25)19-12(2)13-4-6-14(7-5-13)24-11-17-10-18-24/h4-7,9-12H,3,8H2,1-2H3,(H2,19,20,25)/t12-/m0/s1. The van der Waals surface area contributed by atoms with Crippen LogP contribution in [-0.2, 0) is 6.54 Å². The predicted molar refractivity (Wildman–Crippen MR) is 92.2 cm³/mol. The summed E-state index contributed by atoms with van der Waals surface area (Å²) in [6.45, 7) is 4.74. The minimum atomic E-state index is -0.323.